The molecule has 2 rings (SSSR count). The van der Waals surface area contributed by atoms with E-state index < -0.39 is 0 Å². The summed E-state index contributed by atoms with van der Waals surface area (Å²) in [5.41, 5.74) is 7.63. The Morgan fingerprint density at radius 1 is 1.42 bits per heavy atom. The van der Waals surface area contributed by atoms with Gasteiger partial charge in [0.2, 0.25) is 0 Å². The van der Waals surface area contributed by atoms with Gasteiger partial charge < -0.3 is 10.2 Å². The first-order chi connectivity index (χ1) is 9.10. The van der Waals surface area contributed by atoms with Crippen molar-refractivity contribution in [2.45, 2.75) is 12.6 Å². The topological polar surface area (TPSA) is 42.4 Å². The Morgan fingerprint density at radius 3 is 2.79 bits per heavy atom. The molecule has 5 heteroatoms. The third-order valence-corrected chi connectivity index (χ3v) is 3.26. The van der Waals surface area contributed by atoms with Gasteiger partial charge in [-0.15, -0.1) is 0 Å². The molecule has 1 heterocycles. The lowest BCUT2D eigenvalue weighted by molar-refractivity contribution is 0.240. The lowest BCUT2D eigenvalue weighted by Crippen LogP contribution is -2.30. The minimum atomic E-state index is -0.349. The number of nitrogens with two attached hydrogens (primary N) is 1. The second kappa shape index (κ2) is 6.19. The van der Waals surface area contributed by atoms with E-state index >= 15 is 0 Å². The fourth-order valence-corrected chi connectivity index (χ4v) is 2.35. The molecule has 0 saturated carbocycles. The minimum Gasteiger partial charge on any atom is -0.472 e. The molecule has 102 valence electrons. The highest BCUT2D eigenvalue weighted by Gasteiger charge is 2.17. The molecule has 0 radical (unpaired) electrons. The molecule has 1 aromatic heterocycles. The van der Waals surface area contributed by atoms with Crippen molar-refractivity contribution in [3.8, 4) is 0 Å². The van der Waals surface area contributed by atoms with E-state index in [4.69, 9.17) is 21.8 Å². The molecule has 0 saturated heterocycles. The van der Waals surface area contributed by atoms with Gasteiger partial charge in [-0.05, 0) is 36.9 Å². The van der Waals surface area contributed by atoms with Gasteiger partial charge in [-0.25, -0.2) is 4.39 Å². The Hall–Kier alpha value is -1.36. The van der Waals surface area contributed by atoms with Gasteiger partial charge >= 0.3 is 0 Å². The van der Waals surface area contributed by atoms with Crippen molar-refractivity contribution in [3.63, 3.8) is 0 Å². The van der Waals surface area contributed by atoms with Crippen molar-refractivity contribution >= 4 is 11.6 Å². The number of benzene rings is 1. The van der Waals surface area contributed by atoms with Crippen molar-refractivity contribution in [1.29, 1.82) is 0 Å². The summed E-state index contributed by atoms with van der Waals surface area (Å²) in [4.78, 5) is 2.04. The standard InChI is InChI=1S/C14H16ClFN2O/c1-18(8-10-2-3-19-9-10)14(7-17)11-4-12(15)6-13(16)5-11/h2-6,9,14H,7-8,17H2,1H3. The predicted octanol–water partition coefficient (Wildman–Crippen LogP) is 3.20. The molecule has 1 aromatic carbocycles. The molecular weight excluding hydrogens is 267 g/mol. The van der Waals surface area contributed by atoms with E-state index in [2.05, 4.69) is 0 Å². The van der Waals surface area contributed by atoms with Gasteiger partial charge in [0.25, 0.3) is 0 Å². The van der Waals surface area contributed by atoms with Crippen LogP contribution in [0.5, 0.6) is 0 Å². The molecule has 0 aliphatic rings. The quantitative estimate of drug-likeness (QED) is 0.916. The molecule has 0 bridgehead atoms. The molecule has 0 spiro atoms. The Labute approximate surface area is 116 Å². The maximum absolute atomic E-state index is 13.4. The maximum atomic E-state index is 13.4. The van der Waals surface area contributed by atoms with Crippen LogP contribution in [0.3, 0.4) is 0 Å². The van der Waals surface area contributed by atoms with E-state index in [1.54, 1.807) is 18.6 Å². The Bertz CT molecular complexity index is 510. The minimum absolute atomic E-state index is 0.0944. The third kappa shape index (κ3) is 3.56. The highest BCUT2D eigenvalue weighted by Crippen LogP contribution is 2.24. The van der Waals surface area contributed by atoms with Crippen molar-refractivity contribution in [2.24, 2.45) is 5.73 Å². The van der Waals surface area contributed by atoms with Gasteiger partial charge in [0.05, 0.1) is 12.5 Å². The van der Waals surface area contributed by atoms with E-state index in [-0.39, 0.29) is 11.9 Å². The molecule has 0 amide bonds. The molecule has 1 atom stereocenters. The van der Waals surface area contributed by atoms with E-state index in [0.29, 0.717) is 18.1 Å². The van der Waals surface area contributed by atoms with Crippen LogP contribution in [-0.4, -0.2) is 18.5 Å². The Kier molecular flexibility index (Phi) is 4.58. The number of hydrogen-bond donors (Lipinski definition) is 1. The monoisotopic (exact) mass is 282 g/mol. The normalized spacial score (nSPS) is 12.9. The molecule has 0 aliphatic heterocycles. The van der Waals surface area contributed by atoms with Crippen LogP contribution < -0.4 is 5.73 Å². The lowest BCUT2D eigenvalue weighted by atomic mass is 10.1. The Balaban J connectivity index is 2.18. The summed E-state index contributed by atoms with van der Waals surface area (Å²) >= 11 is 5.88. The number of likely N-dealkylation sites (N-methyl/N-ethyl adjacent to an activating group) is 1. The van der Waals surface area contributed by atoms with Gasteiger partial charge in [0.15, 0.2) is 0 Å². The van der Waals surface area contributed by atoms with E-state index in [0.717, 1.165) is 11.1 Å². The first-order valence-electron chi connectivity index (χ1n) is 5.97. The van der Waals surface area contributed by atoms with Crippen LogP contribution in [0, 0.1) is 5.82 Å². The van der Waals surface area contributed by atoms with Crippen LogP contribution in [0.25, 0.3) is 0 Å². The number of hydrogen-bond acceptors (Lipinski definition) is 3. The van der Waals surface area contributed by atoms with Crippen LogP contribution in [-0.2, 0) is 6.54 Å². The number of nitrogens with zero attached hydrogens (tertiary/aromatic N) is 1. The zero-order valence-electron chi connectivity index (χ0n) is 10.6. The summed E-state index contributed by atoms with van der Waals surface area (Å²) in [5.74, 6) is -0.349. The average Bonchev–Trinajstić information content (AvgIpc) is 2.81. The fraction of sp³-hybridized carbons (Fsp3) is 0.286. The third-order valence-electron chi connectivity index (χ3n) is 3.04. The first kappa shape index (κ1) is 14.1. The summed E-state index contributed by atoms with van der Waals surface area (Å²) in [7, 11) is 1.93. The van der Waals surface area contributed by atoms with Gasteiger partial charge in [0, 0.05) is 29.7 Å². The molecule has 0 fully saturated rings. The molecule has 1 unspecified atom stereocenters. The van der Waals surface area contributed by atoms with Crippen LogP contribution in [0.15, 0.2) is 41.2 Å². The van der Waals surface area contributed by atoms with Gasteiger partial charge in [-0.2, -0.15) is 0 Å². The summed E-state index contributed by atoms with van der Waals surface area (Å²) in [6.07, 6.45) is 3.31. The molecule has 19 heavy (non-hydrogen) atoms. The molecular formula is C14H16ClFN2O. The molecule has 2 N–H and O–H groups in total. The SMILES string of the molecule is CN(Cc1ccoc1)C(CN)c1cc(F)cc(Cl)c1. The van der Waals surface area contributed by atoms with Gasteiger partial charge in [-0.3, -0.25) is 4.90 Å². The van der Waals surface area contributed by atoms with E-state index in [1.165, 1.54) is 12.1 Å². The number of furan rings is 1. The van der Waals surface area contributed by atoms with Gasteiger partial charge in [-0.1, -0.05) is 11.6 Å². The summed E-state index contributed by atoms with van der Waals surface area (Å²) in [6.45, 7) is 1.06. The van der Waals surface area contributed by atoms with Crippen LogP contribution in [0.1, 0.15) is 17.2 Å². The van der Waals surface area contributed by atoms with Crippen LogP contribution in [0.2, 0.25) is 5.02 Å². The molecule has 3 nitrogen and oxygen atoms in total. The number of halogens is 2. The lowest BCUT2D eigenvalue weighted by Gasteiger charge is -2.27. The summed E-state index contributed by atoms with van der Waals surface area (Å²) < 4.78 is 18.4. The second-order valence-electron chi connectivity index (χ2n) is 4.50. The zero-order valence-corrected chi connectivity index (χ0v) is 11.4. The second-order valence-corrected chi connectivity index (χ2v) is 4.94. The van der Waals surface area contributed by atoms with Crippen LogP contribution >= 0.6 is 11.6 Å². The zero-order chi connectivity index (χ0) is 13.8. The largest absolute Gasteiger partial charge is 0.472 e. The highest BCUT2D eigenvalue weighted by atomic mass is 35.5. The summed E-state index contributed by atoms with van der Waals surface area (Å²) in [6, 6.07) is 6.30. The fourth-order valence-electron chi connectivity index (χ4n) is 2.12. The highest BCUT2D eigenvalue weighted by molar-refractivity contribution is 6.30. The maximum Gasteiger partial charge on any atom is 0.125 e. The molecule has 2 aromatic rings. The number of rotatable bonds is 5. The van der Waals surface area contributed by atoms with E-state index in [9.17, 15) is 4.39 Å². The van der Waals surface area contributed by atoms with Crippen LogP contribution in [0.4, 0.5) is 4.39 Å². The smallest absolute Gasteiger partial charge is 0.125 e. The van der Waals surface area contributed by atoms with Crippen molar-refractivity contribution in [1.82, 2.24) is 4.90 Å². The Morgan fingerprint density at radius 2 is 2.21 bits per heavy atom. The van der Waals surface area contributed by atoms with Crippen molar-refractivity contribution < 1.29 is 8.81 Å². The average molecular weight is 283 g/mol. The first-order valence-corrected chi connectivity index (χ1v) is 6.35. The predicted molar refractivity (Wildman–Crippen MR) is 73.4 cm³/mol. The summed E-state index contributed by atoms with van der Waals surface area (Å²) in [5, 5.41) is 0.380. The molecule has 0 aliphatic carbocycles. The van der Waals surface area contributed by atoms with Gasteiger partial charge in [0.1, 0.15) is 5.82 Å². The van der Waals surface area contributed by atoms with Crippen molar-refractivity contribution in [2.75, 3.05) is 13.6 Å². The van der Waals surface area contributed by atoms with E-state index in [1.807, 2.05) is 18.0 Å². The van der Waals surface area contributed by atoms with Crippen molar-refractivity contribution in [3.05, 3.63) is 58.8 Å².